The lowest BCUT2D eigenvalue weighted by molar-refractivity contribution is -0.141. The Labute approximate surface area is 110 Å². The highest BCUT2D eigenvalue weighted by Crippen LogP contribution is 2.52. The molecule has 5 heteroatoms. The van der Waals surface area contributed by atoms with Crippen LogP contribution in [0.25, 0.3) is 0 Å². The third kappa shape index (κ3) is 3.36. The van der Waals surface area contributed by atoms with Gasteiger partial charge in [-0.3, -0.25) is 9.78 Å². The monoisotopic (exact) mass is 271 g/mol. The highest BCUT2D eigenvalue weighted by atomic mass is 35.5. The van der Waals surface area contributed by atoms with E-state index in [0.29, 0.717) is 11.4 Å². The summed E-state index contributed by atoms with van der Waals surface area (Å²) in [6.07, 6.45) is 6.08. The van der Waals surface area contributed by atoms with Crippen molar-refractivity contribution in [1.82, 2.24) is 4.98 Å². The number of ether oxygens (including phenoxy) is 1. The van der Waals surface area contributed by atoms with Crippen LogP contribution >= 0.6 is 23.4 Å². The normalized spacial score (nSPS) is 16.6. The van der Waals surface area contributed by atoms with Crippen LogP contribution in [-0.4, -0.2) is 23.8 Å². The standard InChI is InChI=1S/C12H14ClNO2S/c1-16-11(15)6-12(3-4-12)8-17-10-2-5-14-7-9(10)13/h2,5,7H,3-4,6,8H2,1H3. The van der Waals surface area contributed by atoms with Crippen molar-refractivity contribution in [1.29, 1.82) is 0 Å². The van der Waals surface area contributed by atoms with E-state index in [9.17, 15) is 4.79 Å². The first kappa shape index (κ1) is 12.7. The van der Waals surface area contributed by atoms with Crippen LogP contribution in [0.4, 0.5) is 0 Å². The number of carbonyl (C=O) groups excluding carboxylic acids is 1. The zero-order valence-corrected chi connectivity index (χ0v) is 11.2. The second-order valence-corrected chi connectivity index (χ2v) is 5.77. The number of rotatable bonds is 5. The Balaban J connectivity index is 1.90. The van der Waals surface area contributed by atoms with Crippen molar-refractivity contribution >= 4 is 29.3 Å². The number of methoxy groups -OCH3 is 1. The molecule has 0 spiro atoms. The van der Waals surface area contributed by atoms with Crippen LogP contribution in [0.15, 0.2) is 23.4 Å². The van der Waals surface area contributed by atoms with E-state index < -0.39 is 0 Å². The van der Waals surface area contributed by atoms with E-state index >= 15 is 0 Å². The summed E-state index contributed by atoms with van der Waals surface area (Å²) in [5.74, 6) is 0.787. The molecule has 1 saturated carbocycles. The van der Waals surface area contributed by atoms with Crippen molar-refractivity contribution in [3.8, 4) is 0 Å². The largest absolute Gasteiger partial charge is 0.469 e. The van der Waals surface area contributed by atoms with Gasteiger partial charge in [-0.2, -0.15) is 0 Å². The first-order valence-corrected chi connectivity index (χ1v) is 6.81. The maximum Gasteiger partial charge on any atom is 0.306 e. The average Bonchev–Trinajstić information content (AvgIpc) is 3.08. The van der Waals surface area contributed by atoms with Crippen LogP contribution in [-0.2, 0) is 9.53 Å². The number of carbonyl (C=O) groups is 1. The molecule has 1 heterocycles. The summed E-state index contributed by atoms with van der Waals surface area (Å²) in [5, 5.41) is 0.673. The van der Waals surface area contributed by atoms with Crippen LogP contribution in [0.3, 0.4) is 0 Å². The first-order chi connectivity index (χ1) is 8.15. The lowest BCUT2D eigenvalue weighted by Gasteiger charge is -2.13. The minimum Gasteiger partial charge on any atom is -0.469 e. The minimum absolute atomic E-state index is 0.121. The first-order valence-electron chi connectivity index (χ1n) is 5.44. The summed E-state index contributed by atoms with van der Waals surface area (Å²) in [4.78, 5) is 16.3. The molecular weight excluding hydrogens is 258 g/mol. The highest BCUT2D eigenvalue weighted by molar-refractivity contribution is 7.99. The van der Waals surface area contributed by atoms with Crippen molar-refractivity contribution in [3.63, 3.8) is 0 Å². The van der Waals surface area contributed by atoms with Crippen molar-refractivity contribution in [3.05, 3.63) is 23.5 Å². The molecule has 0 atom stereocenters. The van der Waals surface area contributed by atoms with E-state index in [4.69, 9.17) is 16.3 Å². The zero-order valence-electron chi connectivity index (χ0n) is 9.61. The fourth-order valence-electron chi connectivity index (χ4n) is 1.64. The summed E-state index contributed by atoms with van der Waals surface area (Å²) in [6.45, 7) is 0. The van der Waals surface area contributed by atoms with Gasteiger partial charge < -0.3 is 4.74 Å². The van der Waals surface area contributed by atoms with Gasteiger partial charge in [0.1, 0.15) is 0 Å². The van der Waals surface area contributed by atoms with Crippen LogP contribution in [0, 0.1) is 5.41 Å². The number of nitrogens with zero attached hydrogens (tertiary/aromatic N) is 1. The summed E-state index contributed by atoms with van der Waals surface area (Å²) in [6, 6.07) is 1.90. The fraction of sp³-hybridized carbons (Fsp3) is 0.500. The fourth-order valence-corrected chi connectivity index (χ4v) is 3.12. The molecule has 1 aliphatic carbocycles. The van der Waals surface area contributed by atoms with Gasteiger partial charge in [0.15, 0.2) is 0 Å². The quantitative estimate of drug-likeness (QED) is 0.609. The molecule has 0 aromatic carbocycles. The highest BCUT2D eigenvalue weighted by Gasteiger charge is 2.44. The molecular formula is C12H14ClNO2S. The second-order valence-electron chi connectivity index (χ2n) is 4.35. The smallest absolute Gasteiger partial charge is 0.306 e. The SMILES string of the molecule is COC(=O)CC1(CSc2ccncc2Cl)CC1. The predicted octanol–water partition coefficient (Wildman–Crippen LogP) is 3.17. The van der Waals surface area contributed by atoms with Gasteiger partial charge in [0.05, 0.1) is 18.6 Å². The van der Waals surface area contributed by atoms with Gasteiger partial charge in [-0.25, -0.2) is 0 Å². The molecule has 1 aromatic rings. The third-order valence-corrected chi connectivity index (χ3v) is 4.81. The molecule has 0 N–H and O–H groups in total. The van der Waals surface area contributed by atoms with Crippen LogP contribution in [0.1, 0.15) is 19.3 Å². The molecule has 0 amide bonds. The summed E-state index contributed by atoms with van der Waals surface area (Å²) in [7, 11) is 1.44. The van der Waals surface area contributed by atoms with Gasteiger partial charge in [-0.15, -0.1) is 11.8 Å². The summed E-state index contributed by atoms with van der Waals surface area (Å²) < 4.78 is 4.72. The van der Waals surface area contributed by atoms with Crippen molar-refractivity contribution in [2.45, 2.75) is 24.2 Å². The van der Waals surface area contributed by atoms with Gasteiger partial charge >= 0.3 is 5.97 Å². The van der Waals surface area contributed by atoms with Crippen molar-refractivity contribution in [2.75, 3.05) is 12.9 Å². The van der Waals surface area contributed by atoms with Gasteiger partial charge in [0.2, 0.25) is 0 Å². The van der Waals surface area contributed by atoms with E-state index in [-0.39, 0.29) is 11.4 Å². The van der Waals surface area contributed by atoms with Gasteiger partial charge in [0, 0.05) is 23.0 Å². The number of aromatic nitrogens is 1. The number of esters is 1. The molecule has 0 saturated heterocycles. The second kappa shape index (κ2) is 5.27. The van der Waals surface area contributed by atoms with Crippen molar-refractivity contribution in [2.24, 2.45) is 5.41 Å². The Hall–Kier alpha value is -0.740. The van der Waals surface area contributed by atoms with Gasteiger partial charge in [-0.1, -0.05) is 11.6 Å². The Bertz CT molecular complexity index is 421. The Morgan fingerprint density at radius 3 is 3.00 bits per heavy atom. The lowest BCUT2D eigenvalue weighted by atomic mass is 10.1. The molecule has 2 rings (SSSR count). The molecule has 17 heavy (non-hydrogen) atoms. The third-order valence-electron chi connectivity index (χ3n) is 2.97. The predicted molar refractivity (Wildman–Crippen MR) is 68.3 cm³/mol. The van der Waals surface area contributed by atoms with E-state index in [0.717, 1.165) is 23.5 Å². The molecule has 0 unspecified atom stereocenters. The molecule has 1 aromatic heterocycles. The van der Waals surface area contributed by atoms with Gasteiger partial charge in [0.25, 0.3) is 0 Å². The number of thioether (sulfide) groups is 1. The van der Waals surface area contributed by atoms with E-state index in [1.54, 1.807) is 24.2 Å². The molecule has 92 valence electrons. The van der Waals surface area contributed by atoms with Gasteiger partial charge in [-0.05, 0) is 24.3 Å². The Kier molecular flexibility index (Phi) is 3.94. The van der Waals surface area contributed by atoms with Crippen LogP contribution < -0.4 is 0 Å². The molecule has 3 nitrogen and oxygen atoms in total. The topological polar surface area (TPSA) is 39.2 Å². The van der Waals surface area contributed by atoms with Crippen LogP contribution in [0.5, 0.6) is 0 Å². The van der Waals surface area contributed by atoms with Crippen LogP contribution in [0.2, 0.25) is 5.02 Å². The number of pyridine rings is 1. The number of halogens is 1. The minimum atomic E-state index is -0.121. The number of hydrogen-bond acceptors (Lipinski definition) is 4. The average molecular weight is 272 g/mol. The van der Waals surface area contributed by atoms with E-state index in [1.165, 1.54) is 7.11 Å². The van der Waals surface area contributed by atoms with E-state index in [1.807, 2.05) is 6.07 Å². The maximum absolute atomic E-state index is 11.3. The van der Waals surface area contributed by atoms with Crippen molar-refractivity contribution < 1.29 is 9.53 Å². The molecule has 0 bridgehead atoms. The van der Waals surface area contributed by atoms with E-state index in [2.05, 4.69) is 4.98 Å². The Morgan fingerprint density at radius 2 is 2.41 bits per heavy atom. The molecule has 0 radical (unpaired) electrons. The zero-order chi connectivity index (χ0) is 12.3. The maximum atomic E-state index is 11.3. The molecule has 0 aliphatic heterocycles. The molecule has 1 aliphatic rings. The molecule has 1 fully saturated rings. The Morgan fingerprint density at radius 1 is 1.65 bits per heavy atom. The summed E-state index contributed by atoms with van der Waals surface area (Å²) >= 11 is 7.72. The summed E-state index contributed by atoms with van der Waals surface area (Å²) in [5.41, 5.74) is 0.129. The number of hydrogen-bond donors (Lipinski definition) is 0. The lowest BCUT2D eigenvalue weighted by Crippen LogP contribution is -2.12.